The average Bonchev–Trinajstić information content (AvgIpc) is 2.84. The van der Waals surface area contributed by atoms with Gasteiger partial charge in [-0.2, -0.15) is 13.2 Å². The number of aromatic nitrogens is 5. The van der Waals surface area contributed by atoms with Gasteiger partial charge in [0.1, 0.15) is 28.8 Å². The third-order valence-electron chi connectivity index (χ3n) is 6.06. The maximum absolute atomic E-state index is 13.1. The van der Waals surface area contributed by atoms with Crippen LogP contribution in [0.25, 0.3) is 22.3 Å². The number of halogens is 3. The summed E-state index contributed by atoms with van der Waals surface area (Å²) in [7, 11) is 0. The van der Waals surface area contributed by atoms with Gasteiger partial charge < -0.3 is 9.64 Å². The molecule has 7 nitrogen and oxygen atoms in total. The minimum atomic E-state index is -4.52. The Hall–Kier alpha value is -3.66. The molecule has 35 heavy (non-hydrogen) atoms. The Morgan fingerprint density at radius 3 is 2.49 bits per heavy atom. The van der Waals surface area contributed by atoms with Crippen molar-refractivity contribution in [1.29, 1.82) is 0 Å². The largest absolute Gasteiger partial charge is 0.433 e. The van der Waals surface area contributed by atoms with E-state index in [-0.39, 0.29) is 6.10 Å². The average molecular weight is 480 g/mol. The van der Waals surface area contributed by atoms with E-state index in [4.69, 9.17) is 14.7 Å². The fourth-order valence-electron chi connectivity index (χ4n) is 4.11. The molecule has 0 spiro atoms. The van der Waals surface area contributed by atoms with E-state index in [1.54, 1.807) is 6.20 Å². The number of aryl methyl sites for hydroxylation is 3. The molecule has 5 heterocycles. The second-order valence-electron chi connectivity index (χ2n) is 8.56. The van der Waals surface area contributed by atoms with Crippen molar-refractivity contribution in [3.8, 4) is 11.3 Å². The Kier molecular flexibility index (Phi) is 5.84. The molecule has 1 saturated heterocycles. The van der Waals surface area contributed by atoms with E-state index < -0.39 is 11.9 Å². The first-order valence-corrected chi connectivity index (χ1v) is 11.2. The summed E-state index contributed by atoms with van der Waals surface area (Å²) in [6.45, 7) is 7.32. The zero-order chi connectivity index (χ0) is 24.7. The first-order valence-electron chi connectivity index (χ1n) is 11.2. The first-order chi connectivity index (χ1) is 16.7. The number of hydrogen-bond donors (Lipinski definition) is 0. The van der Waals surface area contributed by atoms with Gasteiger partial charge in [-0.3, -0.25) is 9.97 Å². The molecule has 5 rings (SSSR count). The predicted molar refractivity (Wildman–Crippen MR) is 125 cm³/mol. The Labute approximate surface area is 200 Å². The van der Waals surface area contributed by atoms with E-state index in [2.05, 4.69) is 19.9 Å². The summed E-state index contributed by atoms with van der Waals surface area (Å²) in [5, 5.41) is 0. The van der Waals surface area contributed by atoms with E-state index >= 15 is 0 Å². The monoisotopic (exact) mass is 480 g/mol. The highest BCUT2D eigenvalue weighted by molar-refractivity contribution is 5.91. The molecule has 1 atom stereocenters. The van der Waals surface area contributed by atoms with Crippen molar-refractivity contribution in [2.75, 3.05) is 24.6 Å². The van der Waals surface area contributed by atoms with Crippen LogP contribution >= 0.6 is 0 Å². The van der Waals surface area contributed by atoms with Gasteiger partial charge in [-0.25, -0.2) is 15.0 Å². The van der Waals surface area contributed by atoms with Crippen LogP contribution in [0.1, 0.15) is 34.4 Å². The van der Waals surface area contributed by atoms with Crippen LogP contribution in [0.2, 0.25) is 0 Å². The van der Waals surface area contributed by atoms with Crippen molar-refractivity contribution in [1.82, 2.24) is 24.9 Å². The molecule has 0 aliphatic carbocycles. The SMILES string of the molecule is Cc1cc([C@@H]2CN(c3cc4nc(C)c(C)nc4c(-c4ccc(C(F)(F)F)nc4)n3)CCO2)ccn1. The second kappa shape index (κ2) is 8.84. The lowest BCUT2D eigenvalue weighted by atomic mass is 10.1. The Morgan fingerprint density at radius 2 is 1.77 bits per heavy atom. The van der Waals surface area contributed by atoms with Crippen molar-refractivity contribution in [3.63, 3.8) is 0 Å². The highest BCUT2D eigenvalue weighted by Gasteiger charge is 2.32. The van der Waals surface area contributed by atoms with Crippen LogP contribution < -0.4 is 4.90 Å². The molecular formula is C25H23F3N6O. The van der Waals surface area contributed by atoms with Crippen molar-refractivity contribution in [2.24, 2.45) is 0 Å². The Morgan fingerprint density at radius 1 is 0.971 bits per heavy atom. The molecule has 0 bridgehead atoms. The molecule has 0 radical (unpaired) electrons. The Bertz CT molecular complexity index is 1390. The summed E-state index contributed by atoms with van der Waals surface area (Å²) in [4.78, 5) is 24.2. The Balaban J connectivity index is 1.58. The number of hydrogen-bond acceptors (Lipinski definition) is 7. The summed E-state index contributed by atoms with van der Waals surface area (Å²) in [6.07, 6.45) is -1.73. The standard InChI is InChI=1S/C25H23F3N6O/c1-14-10-17(6-7-29-14)20-13-34(8-9-35-20)22-11-19-24(32-16(3)15(2)31-19)23(33-22)18-4-5-21(30-12-18)25(26,27)28/h4-7,10-12,20H,8-9,13H2,1-3H3/t20-/m0/s1. The van der Waals surface area contributed by atoms with E-state index in [0.29, 0.717) is 47.8 Å². The lowest BCUT2D eigenvalue weighted by Crippen LogP contribution is -2.39. The maximum Gasteiger partial charge on any atom is 0.433 e. The lowest BCUT2D eigenvalue weighted by Gasteiger charge is -2.34. The summed E-state index contributed by atoms with van der Waals surface area (Å²) in [6, 6.07) is 8.14. The highest BCUT2D eigenvalue weighted by atomic mass is 19.4. The van der Waals surface area contributed by atoms with Crippen LogP contribution in [-0.4, -0.2) is 44.6 Å². The van der Waals surface area contributed by atoms with Crippen LogP contribution in [0.3, 0.4) is 0 Å². The zero-order valence-electron chi connectivity index (χ0n) is 19.5. The van der Waals surface area contributed by atoms with Crippen molar-refractivity contribution in [3.05, 3.63) is 71.1 Å². The lowest BCUT2D eigenvalue weighted by molar-refractivity contribution is -0.141. The molecule has 4 aromatic heterocycles. The van der Waals surface area contributed by atoms with E-state index in [1.807, 2.05) is 39.0 Å². The van der Waals surface area contributed by atoms with Crippen LogP contribution in [0.4, 0.5) is 19.0 Å². The highest BCUT2D eigenvalue weighted by Crippen LogP contribution is 2.33. The molecule has 4 aromatic rings. The van der Waals surface area contributed by atoms with E-state index in [9.17, 15) is 13.2 Å². The van der Waals surface area contributed by atoms with Gasteiger partial charge in [0.2, 0.25) is 0 Å². The molecule has 1 aliphatic heterocycles. The van der Waals surface area contributed by atoms with Crippen LogP contribution in [0.15, 0.2) is 42.7 Å². The topological polar surface area (TPSA) is 76.9 Å². The van der Waals surface area contributed by atoms with Crippen LogP contribution in [0, 0.1) is 20.8 Å². The summed E-state index contributed by atoms with van der Waals surface area (Å²) in [5.74, 6) is 0.657. The number of ether oxygens (including phenoxy) is 1. The molecule has 1 fully saturated rings. The molecule has 0 unspecified atom stereocenters. The molecule has 180 valence electrons. The van der Waals surface area contributed by atoms with Gasteiger partial charge in [0.15, 0.2) is 0 Å². The van der Waals surface area contributed by atoms with Gasteiger partial charge >= 0.3 is 6.18 Å². The van der Waals surface area contributed by atoms with E-state index in [1.165, 1.54) is 12.3 Å². The molecule has 0 aromatic carbocycles. The molecule has 0 N–H and O–H groups in total. The van der Waals surface area contributed by atoms with E-state index in [0.717, 1.165) is 28.7 Å². The minimum absolute atomic E-state index is 0.162. The molecular weight excluding hydrogens is 457 g/mol. The fourth-order valence-corrected chi connectivity index (χ4v) is 4.11. The third kappa shape index (κ3) is 4.66. The van der Waals surface area contributed by atoms with Crippen LogP contribution in [-0.2, 0) is 10.9 Å². The number of anilines is 1. The summed E-state index contributed by atoms with van der Waals surface area (Å²) in [5.41, 5.74) is 4.51. The van der Waals surface area contributed by atoms with Gasteiger partial charge in [-0.05, 0) is 50.6 Å². The number of rotatable bonds is 3. The summed E-state index contributed by atoms with van der Waals surface area (Å²) < 4.78 is 45.2. The molecule has 1 aliphatic rings. The van der Waals surface area contributed by atoms with Crippen molar-refractivity contribution < 1.29 is 17.9 Å². The van der Waals surface area contributed by atoms with Gasteiger partial charge in [0.05, 0.1) is 23.5 Å². The quantitative estimate of drug-likeness (QED) is 0.408. The predicted octanol–water partition coefficient (Wildman–Crippen LogP) is 5.00. The molecule has 10 heteroatoms. The molecule has 0 amide bonds. The second-order valence-corrected chi connectivity index (χ2v) is 8.56. The van der Waals surface area contributed by atoms with Gasteiger partial charge in [0, 0.05) is 42.8 Å². The summed E-state index contributed by atoms with van der Waals surface area (Å²) >= 11 is 0. The number of morpholine rings is 1. The normalized spacial score (nSPS) is 16.6. The number of pyridine rings is 3. The first kappa shape index (κ1) is 23.1. The number of fused-ring (bicyclic) bond motifs is 1. The zero-order valence-corrected chi connectivity index (χ0v) is 19.5. The minimum Gasteiger partial charge on any atom is -0.370 e. The van der Waals surface area contributed by atoms with Crippen molar-refractivity contribution in [2.45, 2.75) is 33.1 Å². The molecule has 0 saturated carbocycles. The van der Waals surface area contributed by atoms with Gasteiger partial charge in [-0.1, -0.05) is 0 Å². The third-order valence-corrected chi connectivity index (χ3v) is 6.06. The maximum atomic E-state index is 13.1. The number of nitrogens with zero attached hydrogens (tertiary/aromatic N) is 6. The fraction of sp³-hybridized carbons (Fsp3) is 0.320. The number of alkyl halides is 3. The van der Waals surface area contributed by atoms with Crippen LogP contribution in [0.5, 0.6) is 0 Å². The smallest absolute Gasteiger partial charge is 0.370 e. The van der Waals surface area contributed by atoms with Gasteiger partial charge in [0.25, 0.3) is 0 Å². The van der Waals surface area contributed by atoms with Gasteiger partial charge in [-0.15, -0.1) is 0 Å². The van der Waals surface area contributed by atoms with Crippen molar-refractivity contribution >= 4 is 16.9 Å².